The van der Waals surface area contributed by atoms with Crippen LogP contribution >= 0.6 is 0 Å². The second-order valence-corrected chi connectivity index (χ2v) is 6.66. The molecule has 0 amide bonds. The van der Waals surface area contributed by atoms with E-state index >= 15 is 0 Å². The van der Waals surface area contributed by atoms with E-state index in [-0.39, 0.29) is 17.6 Å². The molecule has 0 bridgehead atoms. The van der Waals surface area contributed by atoms with Crippen molar-refractivity contribution in [2.45, 2.75) is 31.5 Å². The molecule has 2 aromatic rings. The number of ether oxygens (including phenoxy) is 1. The molecule has 0 aromatic heterocycles. The van der Waals surface area contributed by atoms with Crippen LogP contribution in [-0.4, -0.2) is 23.9 Å². The van der Waals surface area contributed by atoms with Gasteiger partial charge < -0.3 is 9.53 Å². The van der Waals surface area contributed by atoms with Crippen LogP contribution in [0.25, 0.3) is 0 Å². The van der Waals surface area contributed by atoms with E-state index in [4.69, 9.17) is 4.74 Å². The highest BCUT2D eigenvalue weighted by Gasteiger charge is 2.52. The average Bonchev–Trinajstić information content (AvgIpc) is 2.61. The van der Waals surface area contributed by atoms with Gasteiger partial charge in [-0.1, -0.05) is 60.7 Å². The molecule has 1 saturated carbocycles. The Hall–Kier alpha value is -2.53. The molecular weight excluding hydrogens is 318 g/mol. The van der Waals surface area contributed by atoms with Crippen LogP contribution in [0, 0.1) is 15.5 Å². The first-order valence-electron chi connectivity index (χ1n) is 8.41. The van der Waals surface area contributed by atoms with Crippen LogP contribution in [-0.2, 0) is 16.1 Å². The molecule has 0 spiro atoms. The van der Waals surface area contributed by atoms with Gasteiger partial charge in [-0.25, -0.2) is 0 Å². The van der Waals surface area contributed by atoms with Crippen molar-refractivity contribution in [3.63, 3.8) is 0 Å². The number of benzene rings is 2. The summed E-state index contributed by atoms with van der Waals surface area (Å²) in [6.07, 6.45) is 1.91. The normalized spacial score (nSPS) is 23.4. The summed E-state index contributed by atoms with van der Waals surface area (Å²) in [5.74, 6) is -0.419. The molecule has 1 atom stereocenters. The second kappa shape index (κ2) is 7.57. The predicted octanol–water partition coefficient (Wildman–Crippen LogP) is 3.61. The van der Waals surface area contributed by atoms with Crippen LogP contribution in [0.3, 0.4) is 0 Å². The molecular formula is C20H21NO4. The predicted molar refractivity (Wildman–Crippen MR) is 93.8 cm³/mol. The number of aldehydes is 1. The van der Waals surface area contributed by atoms with Crippen LogP contribution in [0.2, 0.25) is 0 Å². The molecule has 0 saturated heterocycles. The molecule has 25 heavy (non-hydrogen) atoms. The standard InChI is InChI=1S/C20H21NO4/c22-15-20(19(13-21(23)24)17-9-5-2-6-10-17)11-18(12-20)25-14-16-7-3-1-4-8-16/h1-10,15,18-19H,11-14H2. The Labute approximate surface area is 146 Å². The van der Waals surface area contributed by atoms with E-state index in [1.54, 1.807) is 0 Å². The molecule has 1 aliphatic carbocycles. The minimum absolute atomic E-state index is 0.0385. The number of nitrogens with zero attached hydrogens (tertiary/aromatic N) is 1. The Morgan fingerprint density at radius 3 is 2.28 bits per heavy atom. The summed E-state index contributed by atoms with van der Waals surface area (Å²) in [7, 11) is 0. The van der Waals surface area contributed by atoms with Crippen molar-refractivity contribution in [3.8, 4) is 0 Å². The zero-order chi connectivity index (χ0) is 17.7. The monoisotopic (exact) mass is 339 g/mol. The third-order valence-corrected chi connectivity index (χ3v) is 5.01. The van der Waals surface area contributed by atoms with Crippen LogP contribution in [0.5, 0.6) is 0 Å². The molecule has 130 valence electrons. The Morgan fingerprint density at radius 1 is 1.12 bits per heavy atom. The summed E-state index contributed by atoms with van der Waals surface area (Å²) in [5.41, 5.74) is 1.21. The van der Waals surface area contributed by atoms with Gasteiger partial charge in [0.15, 0.2) is 0 Å². The molecule has 0 radical (unpaired) electrons. The van der Waals surface area contributed by atoms with Gasteiger partial charge in [-0.3, -0.25) is 10.1 Å². The van der Waals surface area contributed by atoms with Gasteiger partial charge in [-0.05, 0) is 24.0 Å². The van der Waals surface area contributed by atoms with Gasteiger partial charge in [0.2, 0.25) is 6.54 Å². The Kier molecular flexibility index (Phi) is 5.24. The highest BCUT2D eigenvalue weighted by molar-refractivity contribution is 5.64. The number of carbonyl (C=O) groups is 1. The van der Waals surface area contributed by atoms with Crippen molar-refractivity contribution in [1.82, 2.24) is 0 Å². The highest BCUT2D eigenvalue weighted by atomic mass is 16.6. The molecule has 0 aliphatic heterocycles. The first kappa shape index (κ1) is 17.3. The minimum atomic E-state index is -0.713. The molecule has 5 heteroatoms. The fourth-order valence-electron chi connectivity index (χ4n) is 3.61. The lowest BCUT2D eigenvalue weighted by atomic mass is 9.58. The average molecular weight is 339 g/mol. The summed E-state index contributed by atoms with van der Waals surface area (Å²) < 4.78 is 5.88. The summed E-state index contributed by atoms with van der Waals surface area (Å²) >= 11 is 0. The number of hydrogen-bond acceptors (Lipinski definition) is 4. The van der Waals surface area contributed by atoms with Crippen LogP contribution in [0.15, 0.2) is 60.7 Å². The Balaban J connectivity index is 1.68. The first-order chi connectivity index (χ1) is 12.1. The van der Waals surface area contributed by atoms with Crippen molar-refractivity contribution in [3.05, 3.63) is 81.9 Å². The SMILES string of the molecule is O=CC1(C(C[N+](=O)[O-])c2ccccc2)CC(OCc2ccccc2)C1. The molecule has 3 rings (SSSR count). The lowest BCUT2D eigenvalue weighted by Crippen LogP contribution is -2.49. The van der Waals surface area contributed by atoms with Gasteiger partial charge in [0, 0.05) is 10.3 Å². The lowest BCUT2D eigenvalue weighted by Gasteiger charge is -2.47. The van der Waals surface area contributed by atoms with Crippen LogP contribution < -0.4 is 0 Å². The number of hydrogen-bond donors (Lipinski definition) is 0. The Bertz CT molecular complexity index is 711. The molecule has 0 heterocycles. The third-order valence-electron chi connectivity index (χ3n) is 5.01. The summed E-state index contributed by atoms with van der Waals surface area (Å²) in [6.45, 7) is 0.250. The Morgan fingerprint density at radius 2 is 1.72 bits per heavy atom. The quantitative estimate of drug-likeness (QED) is 0.418. The van der Waals surface area contributed by atoms with Crippen molar-refractivity contribution in [2.24, 2.45) is 5.41 Å². The van der Waals surface area contributed by atoms with Crippen molar-refractivity contribution < 1.29 is 14.5 Å². The highest BCUT2D eigenvalue weighted by Crippen LogP contribution is 2.51. The molecule has 1 unspecified atom stereocenters. The molecule has 5 nitrogen and oxygen atoms in total. The molecule has 1 aliphatic rings. The zero-order valence-corrected chi connectivity index (χ0v) is 13.9. The van der Waals surface area contributed by atoms with E-state index in [0.29, 0.717) is 19.4 Å². The van der Waals surface area contributed by atoms with E-state index in [2.05, 4.69) is 0 Å². The first-order valence-corrected chi connectivity index (χ1v) is 8.41. The fourth-order valence-corrected chi connectivity index (χ4v) is 3.61. The summed E-state index contributed by atoms with van der Waals surface area (Å²) in [4.78, 5) is 22.7. The van der Waals surface area contributed by atoms with E-state index in [1.807, 2.05) is 60.7 Å². The van der Waals surface area contributed by atoms with Crippen LogP contribution in [0.1, 0.15) is 29.9 Å². The van der Waals surface area contributed by atoms with Gasteiger partial charge in [0.25, 0.3) is 0 Å². The number of nitro groups is 1. The van der Waals surface area contributed by atoms with Gasteiger partial charge in [-0.15, -0.1) is 0 Å². The summed E-state index contributed by atoms with van der Waals surface area (Å²) in [6, 6.07) is 19.1. The van der Waals surface area contributed by atoms with Gasteiger partial charge in [0.05, 0.1) is 18.6 Å². The maximum atomic E-state index is 11.8. The smallest absolute Gasteiger partial charge is 0.211 e. The van der Waals surface area contributed by atoms with E-state index < -0.39 is 11.3 Å². The van der Waals surface area contributed by atoms with Crippen molar-refractivity contribution in [1.29, 1.82) is 0 Å². The van der Waals surface area contributed by atoms with Gasteiger partial charge in [-0.2, -0.15) is 0 Å². The van der Waals surface area contributed by atoms with Crippen molar-refractivity contribution >= 4 is 6.29 Å². The van der Waals surface area contributed by atoms with E-state index in [0.717, 1.165) is 17.4 Å². The van der Waals surface area contributed by atoms with Crippen molar-refractivity contribution in [2.75, 3.05) is 6.54 Å². The minimum Gasteiger partial charge on any atom is -0.373 e. The van der Waals surface area contributed by atoms with Crippen LogP contribution in [0.4, 0.5) is 0 Å². The van der Waals surface area contributed by atoms with E-state index in [1.165, 1.54) is 0 Å². The number of carbonyl (C=O) groups excluding carboxylic acids is 1. The van der Waals surface area contributed by atoms with Gasteiger partial charge in [0.1, 0.15) is 6.29 Å². The lowest BCUT2D eigenvalue weighted by molar-refractivity contribution is -0.487. The topological polar surface area (TPSA) is 69.4 Å². The fraction of sp³-hybridized carbons (Fsp3) is 0.350. The van der Waals surface area contributed by atoms with E-state index in [9.17, 15) is 14.9 Å². The summed E-state index contributed by atoms with van der Waals surface area (Å²) in [5, 5.41) is 11.1. The molecule has 0 N–H and O–H groups in total. The number of rotatable bonds is 8. The largest absolute Gasteiger partial charge is 0.373 e. The zero-order valence-electron chi connectivity index (χ0n) is 13.9. The second-order valence-electron chi connectivity index (χ2n) is 6.66. The maximum absolute atomic E-state index is 11.8. The maximum Gasteiger partial charge on any atom is 0.211 e. The van der Waals surface area contributed by atoms with Gasteiger partial charge >= 0.3 is 0 Å². The molecule has 2 aromatic carbocycles. The molecule has 1 fully saturated rings. The third kappa shape index (κ3) is 3.94.